The molecule has 2 nitrogen and oxygen atoms in total. The number of benzene rings is 1. The van der Waals surface area contributed by atoms with Crippen molar-refractivity contribution in [2.45, 2.75) is 13.0 Å². The summed E-state index contributed by atoms with van der Waals surface area (Å²) in [7, 11) is 0. The fourth-order valence-electron chi connectivity index (χ4n) is 1.29. The van der Waals surface area contributed by atoms with Crippen LogP contribution in [0.15, 0.2) is 28.2 Å². The third-order valence-corrected chi connectivity index (χ3v) is 3.00. The van der Waals surface area contributed by atoms with E-state index in [1.165, 1.54) is 0 Å². The second-order valence-electron chi connectivity index (χ2n) is 3.45. The molecule has 0 saturated heterocycles. The Labute approximate surface area is 113 Å². The third-order valence-electron chi connectivity index (χ3n) is 2.12. The Balaban J connectivity index is 2.90. The highest BCUT2D eigenvalue weighted by Crippen LogP contribution is 2.34. The SMILES string of the molecule is C=C(Cl)CNC(C)c1cc(Br)cc(Cl)c1O. The number of hydrogen-bond donors (Lipinski definition) is 2. The first-order valence-electron chi connectivity index (χ1n) is 4.66. The lowest BCUT2D eigenvalue weighted by Gasteiger charge is -2.16. The van der Waals surface area contributed by atoms with Crippen LogP contribution in [-0.4, -0.2) is 11.7 Å². The highest BCUT2D eigenvalue weighted by molar-refractivity contribution is 9.10. The summed E-state index contributed by atoms with van der Waals surface area (Å²) in [4.78, 5) is 0. The molecular weight excluding hydrogens is 313 g/mol. The molecule has 0 aromatic heterocycles. The van der Waals surface area contributed by atoms with Crippen molar-refractivity contribution < 1.29 is 5.11 Å². The molecule has 1 rings (SSSR count). The van der Waals surface area contributed by atoms with Gasteiger partial charge in [-0.1, -0.05) is 45.7 Å². The molecule has 5 heteroatoms. The van der Waals surface area contributed by atoms with Gasteiger partial charge in [0.25, 0.3) is 0 Å². The highest BCUT2D eigenvalue weighted by atomic mass is 79.9. The summed E-state index contributed by atoms with van der Waals surface area (Å²) in [5, 5.41) is 13.8. The van der Waals surface area contributed by atoms with Crippen LogP contribution in [0.2, 0.25) is 5.02 Å². The highest BCUT2D eigenvalue weighted by Gasteiger charge is 2.13. The van der Waals surface area contributed by atoms with E-state index in [4.69, 9.17) is 23.2 Å². The summed E-state index contributed by atoms with van der Waals surface area (Å²) in [5.74, 6) is 0.0880. The van der Waals surface area contributed by atoms with E-state index in [2.05, 4.69) is 27.8 Å². The Hall–Kier alpha value is -0.220. The van der Waals surface area contributed by atoms with Gasteiger partial charge in [0.1, 0.15) is 5.75 Å². The molecule has 0 radical (unpaired) electrons. The van der Waals surface area contributed by atoms with Gasteiger partial charge in [-0.2, -0.15) is 0 Å². The van der Waals surface area contributed by atoms with Gasteiger partial charge in [0.05, 0.1) is 5.02 Å². The van der Waals surface area contributed by atoms with Crippen molar-refractivity contribution in [2.24, 2.45) is 0 Å². The van der Waals surface area contributed by atoms with E-state index in [0.29, 0.717) is 16.6 Å². The van der Waals surface area contributed by atoms with Crippen molar-refractivity contribution in [1.29, 1.82) is 0 Å². The Morgan fingerprint density at radius 3 is 2.81 bits per heavy atom. The molecule has 1 unspecified atom stereocenters. The van der Waals surface area contributed by atoms with Crippen molar-refractivity contribution in [3.63, 3.8) is 0 Å². The monoisotopic (exact) mass is 323 g/mol. The van der Waals surface area contributed by atoms with Crippen molar-refractivity contribution in [3.8, 4) is 5.75 Å². The van der Waals surface area contributed by atoms with Gasteiger partial charge in [-0.05, 0) is 19.1 Å². The van der Waals surface area contributed by atoms with Gasteiger partial charge in [0.15, 0.2) is 0 Å². The fraction of sp³-hybridized carbons (Fsp3) is 0.273. The van der Waals surface area contributed by atoms with E-state index in [-0.39, 0.29) is 11.8 Å². The number of rotatable bonds is 4. The molecule has 0 bridgehead atoms. The van der Waals surface area contributed by atoms with E-state index in [9.17, 15) is 5.11 Å². The Bertz CT molecular complexity index is 409. The van der Waals surface area contributed by atoms with Gasteiger partial charge < -0.3 is 10.4 Å². The maximum atomic E-state index is 9.81. The molecule has 2 N–H and O–H groups in total. The first-order valence-corrected chi connectivity index (χ1v) is 6.21. The van der Waals surface area contributed by atoms with Crippen LogP contribution in [0.5, 0.6) is 5.75 Å². The molecule has 0 amide bonds. The van der Waals surface area contributed by atoms with Crippen LogP contribution >= 0.6 is 39.1 Å². The lowest BCUT2D eigenvalue weighted by molar-refractivity contribution is 0.456. The standard InChI is InChI=1S/C11H12BrCl2NO/c1-6(13)5-15-7(2)9-3-8(12)4-10(14)11(9)16/h3-4,7,15-16H,1,5H2,2H3. The van der Waals surface area contributed by atoms with E-state index in [1.54, 1.807) is 6.07 Å². The lowest BCUT2D eigenvalue weighted by Crippen LogP contribution is -2.20. The maximum absolute atomic E-state index is 9.81. The van der Waals surface area contributed by atoms with Crippen LogP contribution in [-0.2, 0) is 0 Å². The molecule has 0 aliphatic heterocycles. The predicted molar refractivity (Wildman–Crippen MR) is 72.2 cm³/mol. The predicted octanol–water partition coefficient (Wildman–Crippen LogP) is 4.21. The van der Waals surface area contributed by atoms with Gasteiger partial charge in [0, 0.05) is 27.7 Å². The zero-order valence-electron chi connectivity index (χ0n) is 8.73. The van der Waals surface area contributed by atoms with Gasteiger partial charge in [-0.25, -0.2) is 0 Å². The van der Waals surface area contributed by atoms with Crippen molar-refractivity contribution in [3.05, 3.63) is 38.8 Å². The van der Waals surface area contributed by atoms with Crippen molar-refractivity contribution in [1.82, 2.24) is 5.32 Å². The van der Waals surface area contributed by atoms with Crippen LogP contribution in [0, 0.1) is 0 Å². The summed E-state index contributed by atoms with van der Waals surface area (Å²) in [6, 6.07) is 3.40. The zero-order valence-corrected chi connectivity index (χ0v) is 11.8. The number of halogens is 3. The average molecular weight is 325 g/mol. The minimum Gasteiger partial charge on any atom is -0.506 e. The summed E-state index contributed by atoms with van der Waals surface area (Å²) < 4.78 is 0.823. The first kappa shape index (κ1) is 13.8. The topological polar surface area (TPSA) is 32.3 Å². The average Bonchev–Trinajstić information content (AvgIpc) is 2.19. The summed E-state index contributed by atoms with van der Waals surface area (Å²) >= 11 is 14.9. The minimum atomic E-state index is -0.0644. The molecule has 0 heterocycles. The number of phenolic OH excluding ortho intramolecular Hbond substituents is 1. The van der Waals surface area contributed by atoms with E-state index < -0.39 is 0 Å². The fourth-order valence-corrected chi connectivity index (χ4v) is 2.20. The molecule has 0 fully saturated rings. The van der Waals surface area contributed by atoms with Crippen molar-refractivity contribution >= 4 is 39.1 Å². The quantitative estimate of drug-likeness (QED) is 0.869. The van der Waals surface area contributed by atoms with E-state index >= 15 is 0 Å². The number of nitrogens with one attached hydrogen (secondary N) is 1. The molecule has 1 atom stereocenters. The van der Waals surface area contributed by atoms with Crippen LogP contribution in [0.1, 0.15) is 18.5 Å². The minimum absolute atomic E-state index is 0.0644. The molecule has 0 spiro atoms. The van der Waals surface area contributed by atoms with Gasteiger partial charge in [0.2, 0.25) is 0 Å². The normalized spacial score (nSPS) is 12.5. The molecular formula is C11H12BrCl2NO. The molecule has 0 aliphatic rings. The Morgan fingerprint density at radius 2 is 2.25 bits per heavy atom. The second-order valence-corrected chi connectivity index (χ2v) is 5.30. The first-order chi connectivity index (χ1) is 7.41. The lowest BCUT2D eigenvalue weighted by atomic mass is 10.1. The molecule has 88 valence electrons. The van der Waals surface area contributed by atoms with E-state index in [1.807, 2.05) is 13.0 Å². The van der Waals surface area contributed by atoms with Crippen LogP contribution in [0.4, 0.5) is 0 Å². The summed E-state index contributed by atoms with van der Waals surface area (Å²) in [5.41, 5.74) is 0.720. The maximum Gasteiger partial charge on any atom is 0.139 e. The molecule has 0 saturated carbocycles. The van der Waals surface area contributed by atoms with Gasteiger partial charge in [-0.3, -0.25) is 0 Å². The van der Waals surface area contributed by atoms with Crippen molar-refractivity contribution in [2.75, 3.05) is 6.54 Å². The van der Waals surface area contributed by atoms with Gasteiger partial charge >= 0.3 is 0 Å². The molecule has 0 aliphatic carbocycles. The van der Waals surface area contributed by atoms with Crippen LogP contribution < -0.4 is 5.32 Å². The number of phenols is 1. The van der Waals surface area contributed by atoms with Crippen LogP contribution in [0.3, 0.4) is 0 Å². The smallest absolute Gasteiger partial charge is 0.139 e. The number of hydrogen-bond acceptors (Lipinski definition) is 2. The summed E-state index contributed by atoms with van der Waals surface area (Å²) in [6.07, 6.45) is 0. The molecule has 16 heavy (non-hydrogen) atoms. The zero-order chi connectivity index (χ0) is 12.3. The largest absolute Gasteiger partial charge is 0.506 e. The Morgan fingerprint density at radius 1 is 1.62 bits per heavy atom. The number of aromatic hydroxyl groups is 1. The molecule has 1 aromatic carbocycles. The second kappa shape index (κ2) is 5.92. The molecule has 1 aromatic rings. The van der Waals surface area contributed by atoms with Gasteiger partial charge in [-0.15, -0.1) is 0 Å². The third kappa shape index (κ3) is 3.67. The Kier molecular flexibility index (Phi) is 5.12. The summed E-state index contributed by atoms with van der Waals surface area (Å²) in [6.45, 7) is 5.98. The van der Waals surface area contributed by atoms with E-state index in [0.717, 1.165) is 10.0 Å². The van der Waals surface area contributed by atoms with Crippen LogP contribution in [0.25, 0.3) is 0 Å².